The Morgan fingerprint density at radius 1 is 1.19 bits per heavy atom. The molecule has 2 rings (SSSR count). The molecule has 0 bridgehead atoms. The number of aryl methyl sites for hydroxylation is 1. The average molecular weight is 349 g/mol. The number of rotatable bonds is 4. The molecule has 110 valence electrons. The number of benzene rings is 2. The highest BCUT2D eigenvalue weighted by atomic mass is 79.9. The van der Waals surface area contributed by atoms with Gasteiger partial charge in [-0.25, -0.2) is 0 Å². The first-order chi connectivity index (χ1) is 10.0. The fourth-order valence-corrected chi connectivity index (χ4v) is 2.55. The molecule has 4 nitrogen and oxygen atoms in total. The van der Waals surface area contributed by atoms with Crippen LogP contribution in [0.15, 0.2) is 40.9 Å². The van der Waals surface area contributed by atoms with Crippen molar-refractivity contribution in [1.29, 1.82) is 0 Å². The molecule has 0 spiro atoms. The zero-order chi connectivity index (χ0) is 15.4. The van der Waals surface area contributed by atoms with E-state index < -0.39 is 0 Å². The van der Waals surface area contributed by atoms with E-state index in [1.54, 1.807) is 26.3 Å². The lowest BCUT2D eigenvalue weighted by Gasteiger charge is -2.12. The van der Waals surface area contributed by atoms with E-state index in [0.717, 1.165) is 21.5 Å². The first-order valence-electron chi connectivity index (χ1n) is 6.48. The lowest BCUT2D eigenvalue weighted by Crippen LogP contribution is -2.14. The zero-order valence-electron chi connectivity index (χ0n) is 12.2. The van der Waals surface area contributed by atoms with Crippen LogP contribution >= 0.6 is 15.9 Å². The van der Waals surface area contributed by atoms with Gasteiger partial charge in [-0.05, 0) is 53.2 Å². The van der Waals surface area contributed by atoms with Crippen LogP contribution in [-0.2, 0) is 0 Å². The van der Waals surface area contributed by atoms with Gasteiger partial charge >= 0.3 is 0 Å². The van der Waals surface area contributed by atoms with Gasteiger partial charge in [0.25, 0.3) is 5.91 Å². The third kappa shape index (κ3) is 3.55. The van der Waals surface area contributed by atoms with Crippen molar-refractivity contribution in [2.75, 3.05) is 24.8 Å². The molecule has 0 heterocycles. The molecule has 21 heavy (non-hydrogen) atoms. The summed E-state index contributed by atoms with van der Waals surface area (Å²) in [6, 6.07) is 11.1. The number of hydrogen-bond acceptors (Lipinski definition) is 3. The van der Waals surface area contributed by atoms with E-state index in [9.17, 15) is 4.79 Å². The predicted molar refractivity (Wildman–Crippen MR) is 89.4 cm³/mol. The maximum absolute atomic E-state index is 12.4. The van der Waals surface area contributed by atoms with Crippen LogP contribution in [0.4, 0.5) is 11.4 Å². The van der Waals surface area contributed by atoms with E-state index in [1.807, 2.05) is 31.2 Å². The molecule has 2 aromatic rings. The average Bonchev–Trinajstić information content (AvgIpc) is 2.47. The summed E-state index contributed by atoms with van der Waals surface area (Å²) in [5.74, 6) is 0.569. The number of methoxy groups -OCH3 is 1. The van der Waals surface area contributed by atoms with Crippen molar-refractivity contribution < 1.29 is 9.53 Å². The maximum atomic E-state index is 12.4. The van der Waals surface area contributed by atoms with Crippen LogP contribution in [0.1, 0.15) is 15.9 Å². The summed E-state index contributed by atoms with van der Waals surface area (Å²) in [6.07, 6.45) is 0. The molecule has 0 aliphatic rings. The molecule has 2 aromatic carbocycles. The fraction of sp³-hybridized carbons (Fsp3) is 0.188. The minimum absolute atomic E-state index is 0.153. The zero-order valence-corrected chi connectivity index (χ0v) is 13.7. The van der Waals surface area contributed by atoms with E-state index in [0.29, 0.717) is 11.3 Å². The summed E-state index contributed by atoms with van der Waals surface area (Å²) in [5.41, 5.74) is 3.15. The summed E-state index contributed by atoms with van der Waals surface area (Å²) in [7, 11) is 3.40. The number of nitrogens with one attached hydrogen (secondary N) is 2. The molecule has 2 N–H and O–H groups in total. The normalized spacial score (nSPS) is 10.1. The van der Waals surface area contributed by atoms with Crippen LogP contribution in [0.5, 0.6) is 5.75 Å². The van der Waals surface area contributed by atoms with Gasteiger partial charge in [0.05, 0.1) is 17.1 Å². The molecule has 0 radical (unpaired) electrons. The number of hydrogen-bond donors (Lipinski definition) is 2. The van der Waals surface area contributed by atoms with Gasteiger partial charge in [-0.3, -0.25) is 4.79 Å². The highest BCUT2D eigenvalue weighted by molar-refractivity contribution is 9.10. The van der Waals surface area contributed by atoms with Crippen LogP contribution in [0.25, 0.3) is 0 Å². The Bertz CT molecular complexity index is 671. The lowest BCUT2D eigenvalue weighted by atomic mass is 10.1. The first-order valence-corrected chi connectivity index (χ1v) is 7.27. The number of ether oxygens (including phenoxy) is 1. The molecule has 0 aliphatic heterocycles. The minimum atomic E-state index is -0.153. The molecule has 1 amide bonds. The number of carbonyl (C=O) groups excluding carboxylic acids is 1. The van der Waals surface area contributed by atoms with Crippen molar-refractivity contribution in [3.8, 4) is 5.75 Å². The highest BCUT2D eigenvalue weighted by Crippen LogP contribution is 2.28. The quantitative estimate of drug-likeness (QED) is 0.875. The van der Waals surface area contributed by atoms with Crippen molar-refractivity contribution in [2.45, 2.75) is 6.92 Å². The molecule has 0 aliphatic carbocycles. The number of amides is 1. The Balaban J connectivity index is 2.26. The Morgan fingerprint density at radius 3 is 2.57 bits per heavy atom. The van der Waals surface area contributed by atoms with Gasteiger partial charge < -0.3 is 15.4 Å². The van der Waals surface area contributed by atoms with Gasteiger partial charge in [-0.15, -0.1) is 0 Å². The van der Waals surface area contributed by atoms with Gasteiger partial charge in [0, 0.05) is 18.4 Å². The van der Waals surface area contributed by atoms with Gasteiger partial charge in [-0.1, -0.05) is 11.6 Å². The second-order valence-electron chi connectivity index (χ2n) is 4.60. The molecular formula is C16H17BrN2O2. The van der Waals surface area contributed by atoms with E-state index in [1.165, 1.54) is 0 Å². The van der Waals surface area contributed by atoms with E-state index in [-0.39, 0.29) is 5.91 Å². The Hall–Kier alpha value is -2.01. The van der Waals surface area contributed by atoms with Crippen LogP contribution < -0.4 is 15.4 Å². The first kappa shape index (κ1) is 15.4. The fourth-order valence-electron chi connectivity index (χ4n) is 2.01. The number of halogens is 1. The predicted octanol–water partition coefficient (Wildman–Crippen LogP) is 4.06. The minimum Gasteiger partial charge on any atom is -0.496 e. The summed E-state index contributed by atoms with van der Waals surface area (Å²) in [4.78, 5) is 12.4. The third-order valence-corrected chi connectivity index (χ3v) is 3.72. The largest absolute Gasteiger partial charge is 0.496 e. The van der Waals surface area contributed by atoms with E-state index >= 15 is 0 Å². The molecule has 5 heteroatoms. The lowest BCUT2D eigenvalue weighted by molar-refractivity contribution is 0.102. The smallest absolute Gasteiger partial charge is 0.257 e. The van der Waals surface area contributed by atoms with Gasteiger partial charge in [0.15, 0.2) is 0 Å². The van der Waals surface area contributed by atoms with Crippen molar-refractivity contribution in [3.05, 3.63) is 52.0 Å². The second-order valence-corrected chi connectivity index (χ2v) is 5.46. The van der Waals surface area contributed by atoms with Crippen LogP contribution in [-0.4, -0.2) is 20.1 Å². The maximum Gasteiger partial charge on any atom is 0.257 e. The summed E-state index contributed by atoms with van der Waals surface area (Å²) < 4.78 is 5.96. The van der Waals surface area contributed by atoms with Crippen molar-refractivity contribution >= 4 is 33.2 Å². The number of carbonyl (C=O) groups is 1. The van der Waals surface area contributed by atoms with Crippen molar-refractivity contribution in [2.24, 2.45) is 0 Å². The molecule has 0 atom stereocenters. The summed E-state index contributed by atoms with van der Waals surface area (Å²) in [5, 5.41) is 5.92. The molecule has 0 saturated carbocycles. The summed E-state index contributed by atoms with van der Waals surface area (Å²) >= 11 is 3.40. The van der Waals surface area contributed by atoms with E-state index in [4.69, 9.17) is 4.74 Å². The molecule has 0 saturated heterocycles. The number of anilines is 2. The SMILES string of the molecule is CNc1ccc(C)cc1C(=O)Nc1ccc(OC)c(Br)c1. The van der Waals surface area contributed by atoms with Crippen molar-refractivity contribution in [1.82, 2.24) is 0 Å². The standard InChI is InChI=1S/C16H17BrN2O2/c1-10-4-6-14(18-2)12(8-10)16(20)19-11-5-7-15(21-3)13(17)9-11/h4-9,18H,1-3H3,(H,19,20). The summed E-state index contributed by atoms with van der Waals surface area (Å²) in [6.45, 7) is 1.96. The van der Waals surface area contributed by atoms with Crippen LogP contribution in [0.3, 0.4) is 0 Å². The van der Waals surface area contributed by atoms with Gasteiger partial charge in [0.1, 0.15) is 5.75 Å². The third-order valence-electron chi connectivity index (χ3n) is 3.10. The highest BCUT2D eigenvalue weighted by Gasteiger charge is 2.12. The van der Waals surface area contributed by atoms with Crippen LogP contribution in [0.2, 0.25) is 0 Å². The Morgan fingerprint density at radius 2 is 1.95 bits per heavy atom. The van der Waals surface area contributed by atoms with Crippen molar-refractivity contribution in [3.63, 3.8) is 0 Å². The monoisotopic (exact) mass is 348 g/mol. The Kier molecular flexibility index (Phi) is 4.85. The topological polar surface area (TPSA) is 50.4 Å². The van der Waals surface area contributed by atoms with Gasteiger partial charge in [-0.2, -0.15) is 0 Å². The van der Waals surface area contributed by atoms with E-state index in [2.05, 4.69) is 26.6 Å². The van der Waals surface area contributed by atoms with Crippen LogP contribution in [0, 0.1) is 6.92 Å². The second kappa shape index (κ2) is 6.63. The molecular weight excluding hydrogens is 332 g/mol. The molecule has 0 unspecified atom stereocenters. The molecule has 0 fully saturated rings. The molecule has 0 aromatic heterocycles. The Labute approximate surface area is 132 Å². The van der Waals surface area contributed by atoms with Gasteiger partial charge in [0.2, 0.25) is 0 Å².